The van der Waals surface area contributed by atoms with E-state index in [0.717, 1.165) is 16.5 Å². The summed E-state index contributed by atoms with van der Waals surface area (Å²) in [6.45, 7) is 4.34. The van der Waals surface area contributed by atoms with Gasteiger partial charge in [-0.2, -0.15) is 0 Å². The lowest BCUT2D eigenvalue weighted by Crippen LogP contribution is -2.14. The van der Waals surface area contributed by atoms with Crippen LogP contribution in [0.15, 0.2) is 34.5 Å². The Morgan fingerprint density at radius 3 is 2.94 bits per heavy atom. The number of hydrogen-bond acceptors (Lipinski definition) is 4. The van der Waals surface area contributed by atoms with Gasteiger partial charge in [-0.25, -0.2) is 4.98 Å². The first-order valence-corrected chi connectivity index (χ1v) is 7.94. The molecule has 0 saturated carbocycles. The number of nitrogens with zero attached hydrogens (tertiary/aromatic N) is 1. The zero-order valence-electron chi connectivity index (χ0n) is 10.4. The Labute approximate surface area is 115 Å². The quantitative estimate of drug-likeness (QED) is 0.807. The Kier molecular flexibility index (Phi) is 3.31. The van der Waals surface area contributed by atoms with Crippen molar-refractivity contribution < 1.29 is 4.74 Å². The van der Waals surface area contributed by atoms with Crippen molar-refractivity contribution >= 4 is 23.1 Å². The monoisotopic (exact) mass is 277 g/mol. The van der Waals surface area contributed by atoms with Gasteiger partial charge in [0.2, 0.25) is 0 Å². The molecular formula is C14H15NOS2. The highest BCUT2D eigenvalue weighted by atomic mass is 32.2. The van der Waals surface area contributed by atoms with Gasteiger partial charge in [-0.1, -0.05) is 26.0 Å². The van der Waals surface area contributed by atoms with Crippen molar-refractivity contribution in [2.24, 2.45) is 0 Å². The number of ether oxygens (including phenoxy) is 1. The summed E-state index contributed by atoms with van der Waals surface area (Å²) >= 11 is 3.56. The van der Waals surface area contributed by atoms with Crippen LogP contribution in [0.3, 0.4) is 0 Å². The van der Waals surface area contributed by atoms with E-state index in [1.165, 1.54) is 10.6 Å². The summed E-state index contributed by atoms with van der Waals surface area (Å²) in [6.07, 6.45) is 0.0994. The Bertz CT molecular complexity index is 550. The van der Waals surface area contributed by atoms with E-state index < -0.39 is 0 Å². The van der Waals surface area contributed by atoms with Crippen LogP contribution in [0.25, 0.3) is 0 Å². The molecule has 0 N–H and O–H groups in total. The summed E-state index contributed by atoms with van der Waals surface area (Å²) in [6, 6.07) is 8.21. The molecule has 1 atom stereocenters. The smallest absolute Gasteiger partial charge is 0.159 e. The molecule has 0 radical (unpaired) electrons. The zero-order chi connectivity index (χ0) is 12.5. The normalized spacial score (nSPS) is 18.5. The van der Waals surface area contributed by atoms with Gasteiger partial charge in [0.15, 0.2) is 6.10 Å². The molecule has 2 heterocycles. The predicted molar refractivity (Wildman–Crippen MR) is 76.7 cm³/mol. The van der Waals surface area contributed by atoms with E-state index in [2.05, 4.69) is 36.3 Å². The fourth-order valence-corrected chi connectivity index (χ4v) is 3.96. The van der Waals surface area contributed by atoms with Crippen molar-refractivity contribution in [3.63, 3.8) is 0 Å². The van der Waals surface area contributed by atoms with E-state index in [-0.39, 0.29) is 6.10 Å². The van der Waals surface area contributed by atoms with Crippen LogP contribution in [0.4, 0.5) is 0 Å². The number of fused-ring (bicyclic) bond motifs is 1. The van der Waals surface area contributed by atoms with Crippen LogP contribution >= 0.6 is 23.1 Å². The predicted octanol–water partition coefficient (Wildman–Crippen LogP) is 4.49. The molecule has 0 saturated heterocycles. The van der Waals surface area contributed by atoms with E-state index in [9.17, 15) is 0 Å². The molecule has 1 aliphatic heterocycles. The molecule has 0 bridgehead atoms. The summed E-state index contributed by atoms with van der Waals surface area (Å²) < 4.78 is 6.04. The molecule has 18 heavy (non-hydrogen) atoms. The highest BCUT2D eigenvalue weighted by Gasteiger charge is 2.24. The molecule has 1 aromatic heterocycles. The van der Waals surface area contributed by atoms with Gasteiger partial charge in [-0.3, -0.25) is 0 Å². The molecule has 1 aromatic carbocycles. The van der Waals surface area contributed by atoms with Crippen LogP contribution < -0.4 is 4.74 Å². The van der Waals surface area contributed by atoms with Crippen LogP contribution in [-0.4, -0.2) is 10.7 Å². The van der Waals surface area contributed by atoms with Crippen molar-refractivity contribution in [2.75, 3.05) is 5.75 Å². The van der Waals surface area contributed by atoms with Crippen molar-refractivity contribution in [1.29, 1.82) is 0 Å². The Hall–Kier alpha value is -1.00. The SMILES string of the molecule is CC(C)c1csc(C2CSc3ccccc3O2)n1. The summed E-state index contributed by atoms with van der Waals surface area (Å²) in [5, 5.41) is 3.25. The molecule has 0 fully saturated rings. The molecule has 0 amide bonds. The Morgan fingerprint density at radius 1 is 1.33 bits per heavy atom. The lowest BCUT2D eigenvalue weighted by atomic mass is 10.2. The van der Waals surface area contributed by atoms with Gasteiger partial charge in [0.1, 0.15) is 10.8 Å². The van der Waals surface area contributed by atoms with Crippen molar-refractivity contribution in [3.05, 3.63) is 40.3 Å². The van der Waals surface area contributed by atoms with Crippen LogP contribution in [0, 0.1) is 0 Å². The molecule has 0 aliphatic carbocycles. The Morgan fingerprint density at radius 2 is 2.17 bits per heavy atom. The third-order valence-electron chi connectivity index (χ3n) is 2.92. The first-order chi connectivity index (χ1) is 8.74. The van der Waals surface area contributed by atoms with Crippen LogP contribution in [0.1, 0.15) is 36.6 Å². The van der Waals surface area contributed by atoms with Gasteiger partial charge in [-0.15, -0.1) is 23.1 Å². The summed E-state index contributed by atoms with van der Waals surface area (Å²) in [5.41, 5.74) is 1.17. The molecular weight excluding hydrogens is 262 g/mol. The standard InChI is InChI=1S/C14H15NOS2/c1-9(2)10-7-18-14(15-10)12-8-17-13-6-4-3-5-11(13)16-12/h3-7,9,12H,8H2,1-2H3. The van der Waals surface area contributed by atoms with Crippen molar-refractivity contribution in [2.45, 2.75) is 30.8 Å². The lowest BCUT2D eigenvalue weighted by molar-refractivity contribution is 0.219. The minimum absolute atomic E-state index is 0.0994. The van der Waals surface area contributed by atoms with Gasteiger partial charge in [-0.05, 0) is 18.1 Å². The first-order valence-electron chi connectivity index (χ1n) is 6.08. The molecule has 3 rings (SSSR count). The maximum atomic E-state index is 6.04. The number of benzene rings is 1. The molecule has 2 aromatic rings. The number of thiazole rings is 1. The van der Waals surface area contributed by atoms with E-state index in [1.807, 2.05) is 23.9 Å². The van der Waals surface area contributed by atoms with Crippen LogP contribution in [0.5, 0.6) is 5.75 Å². The number of thioether (sulfide) groups is 1. The number of para-hydroxylation sites is 1. The van der Waals surface area contributed by atoms with Gasteiger partial charge >= 0.3 is 0 Å². The second kappa shape index (κ2) is 4.94. The van der Waals surface area contributed by atoms with Crippen molar-refractivity contribution in [3.8, 4) is 5.75 Å². The largest absolute Gasteiger partial charge is 0.481 e. The molecule has 2 nitrogen and oxygen atoms in total. The van der Waals surface area contributed by atoms with E-state index in [0.29, 0.717) is 5.92 Å². The molecule has 4 heteroatoms. The van der Waals surface area contributed by atoms with Gasteiger partial charge in [0.25, 0.3) is 0 Å². The second-order valence-electron chi connectivity index (χ2n) is 4.63. The van der Waals surface area contributed by atoms with Crippen LogP contribution in [0.2, 0.25) is 0 Å². The van der Waals surface area contributed by atoms with E-state index in [4.69, 9.17) is 4.74 Å². The fraction of sp³-hybridized carbons (Fsp3) is 0.357. The van der Waals surface area contributed by atoms with E-state index >= 15 is 0 Å². The summed E-state index contributed by atoms with van der Waals surface area (Å²) in [4.78, 5) is 5.92. The van der Waals surface area contributed by atoms with Crippen molar-refractivity contribution in [1.82, 2.24) is 4.98 Å². The summed E-state index contributed by atoms with van der Waals surface area (Å²) in [5.74, 6) is 2.42. The van der Waals surface area contributed by atoms with Crippen LogP contribution in [-0.2, 0) is 0 Å². The van der Waals surface area contributed by atoms with E-state index in [1.54, 1.807) is 11.3 Å². The third-order valence-corrected chi connectivity index (χ3v) is 4.99. The van der Waals surface area contributed by atoms with Gasteiger partial charge in [0.05, 0.1) is 5.69 Å². The maximum absolute atomic E-state index is 6.04. The van der Waals surface area contributed by atoms with Gasteiger partial charge < -0.3 is 4.74 Å². The topological polar surface area (TPSA) is 22.1 Å². The molecule has 0 spiro atoms. The highest BCUT2D eigenvalue weighted by molar-refractivity contribution is 7.99. The van der Waals surface area contributed by atoms with Gasteiger partial charge in [0, 0.05) is 16.0 Å². The average Bonchev–Trinajstić information content (AvgIpc) is 2.88. The molecule has 1 aliphatic rings. The number of hydrogen-bond donors (Lipinski definition) is 0. The highest BCUT2D eigenvalue weighted by Crippen LogP contribution is 2.40. The third kappa shape index (κ3) is 2.27. The lowest BCUT2D eigenvalue weighted by Gasteiger charge is -2.23. The number of aromatic nitrogens is 1. The molecule has 1 unspecified atom stereocenters. The zero-order valence-corrected chi connectivity index (χ0v) is 12.1. The number of rotatable bonds is 2. The minimum Gasteiger partial charge on any atom is -0.481 e. The fourth-order valence-electron chi connectivity index (χ4n) is 1.85. The minimum atomic E-state index is 0.0994. The summed E-state index contributed by atoms with van der Waals surface area (Å²) in [7, 11) is 0. The second-order valence-corrected chi connectivity index (χ2v) is 6.58. The Balaban J connectivity index is 1.83. The maximum Gasteiger partial charge on any atom is 0.159 e. The average molecular weight is 277 g/mol. The first kappa shape index (κ1) is 12.1. The molecule has 94 valence electrons.